The number of hydrogen-bond acceptors (Lipinski definition) is 4. The third kappa shape index (κ3) is 2.97. The van der Waals surface area contributed by atoms with Gasteiger partial charge in [0.1, 0.15) is 5.54 Å². The minimum atomic E-state index is -3.55. The summed E-state index contributed by atoms with van der Waals surface area (Å²) >= 11 is 0. The molecule has 0 spiro atoms. The molecule has 0 heterocycles. The van der Waals surface area contributed by atoms with E-state index in [1.165, 1.54) is 24.3 Å². The van der Waals surface area contributed by atoms with Crippen LogP contribution in [0.2, 0.25) is 0 Å². The molecule has 1 amide bonds. The van der Waals surface area contributed by atoms with Gasteiger partial charge in [0.2, 0.25) is 10.0 Å². The van der Waals surface area contributed by atoms with Crippen molar-refractivity contribution in [2.75, 3.05) is 0 Å². The zero-order valence-electron chi connectivity index (χ0n) is 11.7. The number of aliphatic carboxylic acids is 1. The van der Waals surface area contributed by atoms with Gasteiger partial charge in [0, 0.05) is 11.6 Å². The number of carboxylic acid groups (broad SMARTS) is 1. The molecule has 22 heavy (non-hydrogen) atoms. The van der Waals surface area contributed by atoms with Crippen molar-refractivity contribution in [2.45, 2.75) is 42.2 Å². The Morgan fingerprint density at radius 3 is 2.18 bits per heavy atom. The Hall–Kier alpha value is -1.93. The molecule has 118 valence electrons. The van der Waals surface area contributed by atoms with Gasteiger partial charge in [0.25, 0.3) is 5.91 Å². The SMILES string of the molecule is O=C(NC1(C(=O)O)CC1)c1ccc(S(=O)(=O)NC2CC2)cc1. The van der Waals surface area contributed by atoms with Crippen LogP contribution in [0.5, 0.6) is 0 Å². The third-order valence-corrected chi connectivity index (χ3v) is 5.37. The van der Waals surface area contributed by atoms with Gasteiger partial charge in [-0.25, -0.2) is 17.9 Å². The molecule has 3 rings (SSSR count). The highest BCUT2D eigenvalue weighted by Crippen LogP contribution is 2.35. The number of rotatable bonds is 6. The lowest BCUT2D eigenvalue weighted by Gasteiger charge is -2.12. The maximum atomic E-state index is 12.0. The lowest BCUT2D eigenvalue weighted by atomic mass is 10.2. The van der Waals surface area contributed by atoms with Gasteiger partial charge in [-0.15, -0.1) is 0 Å². The summed E-state index contributed by atoms with van der Waals surface area (Å²) in [6, 6.07) is 5.47. The van der Waals surface area contributed by atoms with Crippen LogP contribution in [0.15, 0.2) is 29.2 Å². The van der Waals surface area contributed by atoms with Gasteiger partial charge >= 0.3 is 5.97 Å². The van der Waals surface area contributed by atoms with Crippen LogP contribution >= 0.6 is 0 Å². The van der Waals surface area contributed by atoms with Gasteiger partial charge < -0.3 is 10.4 Å². The van der Waals surface area contributed by atoms with Crippen LogP contribution in [0.4, 0.5) is 0 Å². The monoisotopic (exact) mass is 324 g/mol. The van der Waals surface area contributed by atoms with Crippen molar-refractivity contribution in [3.63, 3.8) is 0 Å². The molecule has 2 saturated carbocycles. The summed E-state index contributed by atoms with van der Waals surface area (Å²) in [5.41, 5.74) is -0.923. The number of amides is 1. The van der Waals surface area contributed by atoms with Crippen LogP contribution in [0.3, 0.4) is 0 Å². The predicted octanol–water partition coefficient (Wildman–Crippen LogP) is 0.474. The van der Waals surface area contributed by atoms with Gasteiger partial charge in [0.05, 0.1) is 4.90 Å². The lowest BCUT2D eigenvalue weighted by molar-refractivity contribution is -0.140. The highest BCUT2D eigenvalue weighted by Gasteiger charge is 2.51. The second-order valence-electron chi connectivity index (χ2n) is 5.76. The Morgan fingerprint density at radius 2 is 1.73 bits per heavy atom. The molecule has 1 aromatic rings. The maximum Gasteiger partial charge on any atom is 0.329 e. The quantitative estimate of drug-likeness (QED) is 0.704. The summed E-state index contributed by atoms with van der Waals surface area (Å²) in [4.78, 5) is 23.1. The van der Waals surface area contributed by atoms with Crippen LogP contribution in [-0.2, 0) is 14.8 Å². The fourth-order valence-electron chi connectivity index (χ4n) is 2.08. The second kappa shape index (κ2) is 5.06. The lowest BCUT2D eigenvalue weighted by Crippen LogP contribution is -2.43. The number of sulfonamides is 1. The molecule has 1 aromatic carbocycles. The molecular weight excluding hydrogens is 308 g/mol. The average molecular weight is 324 g/mol. The van der Waals surface area contributed by atoms with Gasteiger partial charge in [-0.05, 0) is 49.9 Å². The van der Waals surface area contributed by atoms with E-state index in [1.807, 2.05) is 0 Å². The van der Waals surface area contributed by atoms with Crippen LogP contribution in [-0.4, -0.2) is 37.0 Å². The largest absolute Gasteiger partial charge is 0.480 e. The van der Waals surface area contributed by atoms with E-state index < -0.39 is 27.4 Å². The molecule has 2 fully saturated rings. The highest BCUT2D eigenvalue weighted by atomic mass is 32.2. The Balaban J connectivity index is 1.71. The van der Waals surface area contributed by atoms with Crippen molar-refractivity contribution >= 4 is 21.9 Å². The van der Waals surface area contributed by atoms with E-state index in [9.17, 15) is 18.0 Å². The van der Waals surface area contributed by atoms with Gasteiger partial charge in [0.15, 0.2) is 0 Å². The topological polar surface area (TPSA) is 113 Å². The Labute approximate surface area is 127 Å². The molecule has 8 heteroatoms. The van der Waals surface area contributed by atoms with Gasteiger partial charge in [-0.1, -0.05) is 0 Å². The van der Waals surface area contributed by atoms with Crippen molar-refractivity contribution < 1.29 is 23.1 Å². The average Bonchev–Trinajstić information content (AvgIpc) is 3.36. The molecule has 2 aliphatic carbocycles. The van der Waals surface area contributed by atoms with Crippen molar-refractivity contribution in [2.24, 2.45) is 0 Å². The first-order valence-electron chi connectivity index (χ1n) is 7.01. The van der Waals surface area contributed by atoms with Crippen molar-refractivity contribution in [1.29, 1.82) is 0 Å². The van der Waals surface area contributed by atoms with Gasteiger partial charge in [-0.2, -0.15) is 0 Å². The summed E-state index contributed by atoms with van der Waals surface area (Å²) in [6.07, 6.45) is 2.51. The molecule has 0 saturated heterocycles. The summed E-state index contributed by atoms with van der Waals surface area (Å²) in [6.45, 7) is 0. The summed E-state index contributed by atoms with van der Waals surface area (Å²) in [7, 11) is -3.55. The summed E-state index contributed by atoms with van der Waals surface area (Å²) < 4.78 is 26.6. The minimum absolute atomic E-state index is 0.0123. The number of carbonyl (C=O) groups excluding carboxylic acids is 1. The standard InChI is InChI=1S/C14H16N2O5S/c17-12(15-14(7-8-14)13(18)19)9-1-5-11(6-2-9)22(20,21)16-10-3-4-10/h1-2,5-6,10,16H,3-4,7-8H2,(H,15,17)(H,18,19). The van der Waals surface area contributed by atoms with Crippen LogP contribution in [0.1, 0.15) is 36.0 Å². The Kier molecular flexibility index (Phi) is 3.45. The van der Waals surface area contributed by atoms with E-state index in [4.69, 9.17) is 5.11 Å². The molecule has 2 aliphatic rings. The maximum absolute atomic E-state index is 12.0. The molecule has 7 nitrogen and oxygen atoms in total. The summed E-state index contributed by atoms with van der Waals surface area (Å²) in [5, 5.41) is 11.5. The number of carbonyl (C=O) groups is 2. The fraction of sp³-hybridized carbons (Fsp3) is 0.429. The van der Waals surface area contributed by atoms with E-state index >= 15 is 0 Å². The van der Waals surface area contributed by atoms with E-state index in [0.717, 1.165) is 12.8 Å². The normalized spacial score (nSPS) is 19.5. The smallest absolute Gasteiger partial charge is 0.329 e. The highest BCUT2D eigenvalue weighted by molar-refractivity contribution is 7.89. The molecule has 0 aliphatic heterocycles. The van der Waals surface area contributed by atoms with E-state index in [-0.39, 0.29) is 16.5 Å². The minimum Gasteiger partial charge on any atom is -0.480 e. The molecule has 0 aromatic heterocycles. The predicted molar refractivity (Wildman–Crippen MR) is 76.9 cm³/mol. The Morgan fingerprint density at radius 1 is 1.14 bits per heavy atom. The van der Waals surface area contributed by atoms with Gasteiger partial charge in [-0.3, -0.25) is 4.79 Å². The molecular formula is C14H16N2O5S. The zero-order valence-corrected chi connectivity index (χ0v) is 12.5. The van der Waals surface area contributed by atoms with E-state index in [1.54, 1.807) is 0 Å². The number of hydrogen-bond donors (Lipinski definition) is 3. The fourth-order valence-corrected chi connectivity index (χ4v) is 3.39. The van der Waals surface area contributed by atoms with E-state index in [2.05, 4.69) is 10.0 Å². The summed E-state index contributed by atoms with van der Waals surface area (Å²) in [5.74, 6) is -1.56. The first kappa shape index (κ1) is 15.0. The number of carboxylic acids is 1. The molecule has 0 unspecified atom stereocenters. The van der Waals surface area contributed by atoms with Crippen molar-refractivity contribution in [3.05, 3.63) is 29.8 Å². The van der Waals surface area contributed by atoms with E-state index in [0.29, 0.717) is 12.8 Å². The van der Waals surface area contributed by atoms with Crippen LogP contribution in [0.25, 0.3) is 0 Å². The van der Waals surface area contributed by atoms with Crippen molar-refractivity contribution in [3.8, 4) is 0 Å². The molecule has 3 N–H and O–H groups in total. The third-order valence-electron chi connectivity index (χ3n) is 3.84. The first-order chi connectivity index (χ1) is 10.3. The second-order valence-corrected chi connectivity index (χ2v) is 7.48. The molecule has 0 radical (unpaired) electrons. The first-order valence-corrected chi connectivity index (χ1v) is 8.49. The number of benzene rings is 1. The van der Waals surface area contributed by atoms with Crippen molar-refractivity contribution in [1.82, 2.24) is 10.0 Å². The molecule has 0 atom stereocenters. The van der Waals surface area contributed by atoms with Crippen LogP contribution < -0.4 is 10.0 Å². The zero-order chi connectivity index (χ0) is 16.0. The number of nitrogens with one attached hydrogen (secondary N) is 2. The Bertz CT molecular complexity index is 718. The van der Waals surface area contributed by atoms with Crippen LogP contribution in [0, 0.1) is 0 Å². The molecule has 0 bridgehead atoms.